The Labute approximate surface area is 219 Å². The lowest BCUT2D eigenvalue weighted by molar-refractivity contribution is -0.136. The summed E-state index contributed by atoms with van der Waals surface area (Å²) in [7, 11) is 4.25. The number of benzene rings is 2. The second-order valence-electron chi connectivity index (χ2n) is 7.90. The average molecular weight is 527 g/mol. The molecule has 0 radical (unpaired) electrons. The largest absolute Gasteiger partial charge is 0.493 e. The number of amides is 3. The van der Waals surface area contributed by atoms with Crippen molar-refractivity contribution in [1.82, 2.24) is 16.1 Å². The van der Waals surface area contributed by atoms with Crippen LogP contribution in [-0.2, 0) is 14.3 Å². The Bertz CT molecular complexity index is 1260. The molecule has 0 aliphatic carbocycles. The summed E-state index contributed by atoms with van der Waals surface area (Å²) in [6.45, 7) is 3.62. The third-order valence-electron chi connectivity index (χ3n) is 5.44. The van der Waals surface area contributed by atoms with Crippen molar-refractivity contribution in [1.29, 1.82) is 0 Å². The number of rotatable bonds is 11. The quantitative estimate of drug-likeness (QED) is 0.230. The van der Waals surface area contributed by atoms with E-state index in [1.807, 2.05) is 6.92 Å². The molecular formula is C26H30N4O8. The molecule has 2 aromatic rings. The first-order valence-corrected chi connectivity index (χ1v) is 11.6. The Hall–Kier alpha value is -4.74. The number of carbonyl (C=O) groups excluding carboxylic acids is 3. The fraction of sp³-hybridized carbons (Fsp3) is 0.308. The molecule has 12 heteroatoms. The van der Waals surface area contributed by atoms with E-state index >= 15 is 0 Å². The van der Waals surface area contributed by atoms with Gasteiger partial charge in [-0.1, -0.05) is 6.07 Å². The van der Waals surface area contributed by atoms with Gasteiger partial charge in [-0.3, -0.25) is 4.79 Å². The summed E-state index contributed by atoms with van der Waals surface area (Å²) in [6, 6.07) is 8.88. The average Bonchev–Trinajstić information content (AvgIpc) is 2.91. The van der Waals surface area contributed by atoms with E-state index in [-0.39, 0.29) is 17.9 Å². The maximum atomic E-state index is 12.3. The molecule has 0 spiro atoms. The molecule has 3 rings (SSSR count). The monoisotopic (exact) mass is 526 g/mol. The number of urea groups is 1. The number of hydrogen-bond acceptors (Lipinski definition) is 9. The first kappa shape index (κ1) is 27.8. The Kier molecular flexibility index (Phi) is 9.52. The first-order valence-electron chi connectivity index (χ1n) is 11.6. The molecule has 0 unspecified atom stereocenters. The van der Waals surface area contributed by atoms with Gasteiger partial charge in [0.2, 0.25) is 0 Å². The highest BCUT2D eigenvalue weighted by Crippen LogP contribution is 2.34. The zero-order valence-corrected chi connectivity index (χ0v) is 21.7. The number of methoxy groups -OCH3 is 3. The summed E-state index contributed by atoms with van der Waals surface area (Å²) >= 11 is 0. The molecule has 1 aliphatic heterocycles. The molecule has 0 aromatic heterocycles. The van der Waals surface area contributed by atoms with E-state index in [4.69, 9.17) is 23.7 Å². The van der Waals surface area contributed by atoms with E-state index in [2.05, 4.69) is 21.2 Å². The Balaban J connectivity index is 1.66. The van der Waals surface area contributed by atoms with Crippen LogP contribution in [0.5, 0.6) is 23.0 Å². The molecular weight excluding hydrogens is 496 g/mol. The summed E-state index contributed by atoms with van der Waals surface area (Å²) in [5.41, 5.74) is 4.29. The second-order valence-corrected chi connectivity index (χ2v) is 7.90. The molecule has 2 aromatic carbocycles. The van der Waals surface area contributed by atoms with Crippen molar-refractivity contribution in [2.75, 3.05) is 34.5 Å². The summed E-state index contributed by atoms with van der Waals surface area (Å²) in [5.74, 6) is 0.667. The number of ether oxygens (including phenoxy) is 5. The van der Waals surface area contributed by atoms with Crippen molar-refractivity contribution in [3.63, 3.8) is 0 Å². The lowest BCUT2D eigenvalue weighted by Gasteiger charge is -2.28. The van der Waals surface area contributed by atoms with E-state index in [0.717, 1.165) is 0 Å². The summed E-state index contributed by atoms with van der Waals surface area (Å²) in [5, 5.41) is 9.21. The highest BCUT2D eigenvalue weighted by atomic mass is 16.5. The zero-order valence-electron chi connectivity index (χ0n) is 21.7. The summed E-state index contributed by atoms with van der Waals surface area (Å²) < 4.78 is 26.7. The zero-order chi connectivity index (χ0) is 27.7. The second kappa shape index (κ2) is 13.0. The van der Waals surface area contributed by atoms with Gasteiger partial charge in [0.25, 0.3) is 5.91 Å². The Morgan fingerprint density at radius 2 is 1.74 bits per heavy atom. The van der Waals surface area contributed by atoms with Gasteiger partial charge in [-0.2, -0.15) is 5.10 Å². The fourth-order valence-electron chi connectivity index (χ4n) is 3.70. The number of allylic oxidation sites excluding steroid dienone is 1. The maximum Gasteiger partial charge on any atom is 0.337 e. The van der Waals surface area contributed by atoms with Crippen LogP contribution >= 0.6 is 0 Å². The molecule has 3 amide bonds. The van der Waals surface area contributed by atoms with Crippen LogP contribution in [0.1, 0.15) is 31.0 Å². The van der Waals surface area contributed by atoms with Crippen molar-refractivity contribution in [2.24, 2.45) is 5.10 Å². The van der Waals surface area contributed by atoms with Crippen LogP contribution in [-0.4, -0.2) is 58.7 Å². The smallest absolute Gasteiger partial charge is 0.337 e. The van der Waals surface area contributed by atoms with Gasteiger partial charge in [-0.25, -0.2) is 15.0 Å². The molecule has 38 heavy (non-hydrogen) atoms. The third kappa shape index (κ3) is 6.72. The molecule has 12 nitrogen and oxygen atoms in total. The SMILES string of the molecule is CCOc1cc(/C=N\NC(=O)COc2ccc([C@@H]3NC(=O)NC(C)=C3C(=O)OC)cc2OC)ccc1OC. The minimum absolute atomic E-state index is 0.255. The third-order valence-corrected chi connectivity index (χ3v) is 5.44. The highest BCUT2D eigenvalue weighted by Gasteiger charge is 2.32. The number of carbonyl (C=O) groups is 3. The van der Waals surface area contributed by atoms with E-state index in [1.54, 1.807) is 50.4 Å². The van der Waals surface area contributed by atoms with Gasteiger partial charge in [0.1, 0.15) is 0 Å². The van der Waals surface area contributed by atoms with Gasteiger partial charge in [0.05, 0.1) is 45.8 Å². The minimum atomic E-state index is -0.766. The minimum Gasteiger partial charge on any atom is -0.493 e. The molecule has 0 bridgehead atoms. The van der Waals surface area contributed by atoms with Crippen LogP contribution < -0.4 is 35.0 Å². The van der Waals surface area contributed by atoms with Crippen molar-refractivity contribution in [3.8, 4) is 23.0 Å². The van der Waals surface area contributed by atoms with Gasteiger partial charge in [-0.05, 0) is 55.3 Å². The van der Waals surface area contributed by atoms with Crippen LogP contribution in [0.25, 0.3) is 0 Å². The highest BCUT2D eigenvalue weighted by molar-refractivity contribution is 5.95. The maximum absolute atomic E-state index is 12.3. The number of hydrazone groups is 1. The normalized spacial score (nSPS) is 14.9. The standard InChI is InChI=1S/C26H30N4O8/c1-6-37-21-11-16(7-9-18(21)34-3)13-27-30-22(31)14-38-19-10-8-17(12-20(19)35-4)24-23(25(32)36-5)15(2)28-26(33)29-24/h7-13,24H,6,14H2,1-5H3,(H,30,31)(H2,28,29,33)/b27-13-/t24-/m0/s1. The van der Waals surface area contributed by atoms with Crippen molar-refractivity contribution < 1.29 is 38.1 Å². The van der Waals surface area contributed by atoms with Crippen molar-refractivity contribution in [2.45, 2.75) is 19.9 Å². The Morgan fingerprint density at radius 3 is 2.42 bits per heavy atom. The van der Waals surface area contributed by atoms with Crippen LogP contribution in [0.3, 0.4) is 0 Å². The van der Waals surface area contributed by atoms with Gasteiger partial charge >= 0.3 is 12.0 Å². The topological polar surface area (TPSA) is 146 Å². The molecule has 202 valence electrons. The number of esters is 1. The molecule has 1 aliphatic rings. The predicted molar refractivity (Wildman–Crippen MR) is 138 cm³/mol. The van der Waals surface area contributed by atoms with Crippen LogP contribution in [0.2, 0.25) is 0 Å². The molecule has 3 N–H and O–H groups in total. The summed E-state index contributed by atoms with van der Waals surface area (Å²) in [4.78, 5) is 36.6. The van der Waals surface area contributed by atoms with E-state index in [9.17, 15) is 14.4 Å². The lowest BCUT2D eigenvalue weighted by Crippen LogP contribution is -2.45. The van der Waals surface area contributed by atoms with E-state index < -0.39 is 23.9 Å². The fourth-order valence-corrected chi connectivity index (χ4v) is 3.70. The molecule has 1 heterocycles. The van der Waals surface area contributed by atoms with Crippen molar-refractivity contribution in [3.05, 3.63) is 58.8 Å². The van der Waals surface area contributed by atoms with Gasteiger partial charge in [-0.15, -0.1) is 0 Å². The number of nitrogens with zero attached hydrogens (tertiary/aromatic N) is 1. The Morgan fingerprint density at radius 1 is 1.00 bits per heavy atom. The van der Waals surface area contributed by atoms with Gasteiger partial charge in [0, 0.05) is 5.70 Å². The van der Waals surface area contributed by atoms with Crippen LogP contribution in [0.15, 0.2) is 52.8 Å². The molecule has 0 saturated carbocycles. The lowest BCUT2D eigenvalue weighted by atomic mass is 9.95. The predicted octanol–water partition coefficient (Wildman–Crippen LogP) is 2.43. The molecule has 0 fully saturated rings. The van der Waals surface area contributed by atoms with E-state index in [0.29, 0.717) is 40.7 Å². The molecule has 0 saturated heterocycles. The van der Waals surface area contributed by atoms with Gasteiger partial charge < -0.3 is 34.3 Å². The van der Waals surface area contributed by atoms with E-state index in [1.165, 1.54) is 20.4 Å². The first-order chi connectivity index (χ1) is 18.3. The number of hydrogen-bond donors (Lipinski definition) is 3. The molecule has 1 atom stereocenters. The summed E-state index contributed by atoms with van der Waals surface area (Å²) in [6.07, 6.45) is 1.47. The van der Waals surface area contributed by atoms with Crippen LogP contribution in [0, 0.1) is 0 Å². The van der Waals surface area contributed by atoms with Gasteiger partial charge in [0.15, 0.2) is 29.6 Å². The van der Waals surface area contributed by atoms with Crippen molar-refractivity contribution >= 4 is 24.1 Å². The van der Waals surface area contributed by atoms with Crippen LogP contribution in [0.4, 0.5) is 4.79 Å². The number of nitrogens with one attached hydrogen (secondary N) is 3.